The number of nitrogens with zero attached hydrogens (tertiary/aromatic N) is 2. The number of nitriles is 1. The monoisotopic (exact) mass is 181 g/mol. The Morgan fingerprint density at radius 1 is 1.69 bits per heavy atom. The molecule has 0 aromatic carbocycles. The van der Waals surface area contributed by atoms with Crippen LogP contribution in [-0.4, -0.2) is 29.4 Å². The van der Waals surface area contributed by atoms with E-state index in [-0.39, 0.29) is 24.4 Å². The van der Waals surface area contributed by atoms with Crippen molar-refractivity contribution in [3.63, 3.8) is 0 Å². The van der Waals surface area contributed by atoms with Crippen molar-refractivity contribution in [3.8, 4) is 6.07 Å². The van der Waals surface area contributed by atoms with Crippen LogP contribution >= 0.6 is 0 Å². The van der Waals surface area contributed by atoms with Gasteiger partial charge in [0.1, 0.15) is 6.42 Å². The van der Waals surface area contributed by atoms with Crippen LogP contribution in [-0.2, 0) is 4.79 Å². The van der Waals surface area contributed by atoms with Gasteiger partial charge in [0.15, 0.2) is 0 Å². The number of carbonyl (C=O) groups excluding carboxylic acids is 1. The molecular weight excluding hydrogens is 166 g/mol. The topological polar surface area (TPSA) is 70.1 Å². The fraction of sp³-hybridized carbons (Fsp3) is 0.778. The number of rotatable bonds is 1. The van der Waals surface area contributed by atoms with Crippen molar-refractivity contribution in [1.29, 1.82) is 5.26 Å². The maximum absolute atomic E-state index is 11.4. The molecule has 2 N–H and O–H groups in total. The fourth-order valence-corrected chi connectivity index (χ4v) is 1.65. The number of hydrogen-bond donors (Lipinski definition) is 1. The summed E-state index contributed by atoms with van der Waals surface area (Å²) in [6.45, 7) is 2.60. The molecule has 1 rings (SSSR count). The molecule has 0 radical (unpaired) electrons. The van der Waals surface area contributed by atoms with Gasteiger partial charge in [-0.05, 0) is 19.8 Å². The SMILES string of the molecule is C[C@H]1CC[C@@H](N)CN1C(=O)CC#N. The van der Waals surface area contributed by atoms with Crippen molar-refractivity contribution >= 4 is 5.91 Å². The predicted octanol–water partition coefficient (Wildman–Crippen LogP) is 0.238. The van der Waals surface area contributed by atoms with E-state index in [1.807, 2.05) is 13.0 Å². The van der Waals surface area contributed by atoms with Crippen molar-refractivity contribution in [3.05, 3.63) is 0 Å². The number of piperidine rings is 1. The lowest BCUT2D eigenvalue weighted by atomic mass is 10.00. The Bertz CT molecular complexity index is 234. The van der Waals surface area contributed by atoms with Crippen LogP contribution in [0.5, 0.6) is 0 Å². The van der Waals surface area contributed by atoms with E-state index in [9.17, 15) is 4.79 Å². The molecule has 0 unspecified atom stereocenters. The summed E-state index contributed by atoms with van der Waals surface area (Å²) >= 11 is 0. The molecule has 1 heterocycles. The maximum atomic E-state index is 11.4. The molecule has 4 heteroatoms. The van der Waals surface area contributed by atoms with E-state index >= 15 is 0 Å². The third-order valence-electron chi connectivity index (χ3n) is 2.47. The van der Waals surface area contributed by atoms with Gasteiger partial charge >= 0.3 is 0 Å². The average Bonchev–Trinajstić information content (AvgIpc) is 2.09. The Morgan fingerprint density at radius 3 is 3.00 bits per heavy atom. The van der Waals surface area contributed by atoms with Crippen LogP contribution in [0.4, 0.5) is 0 Å². The maximum Gasteiger partial charge on any atom is 0.237 e. The second-order valence-electron chi connectivity index (χ2n) is 3.57. The number of nitrogens with two attached hydrogens (primary N) is 1. The molecule has 0 aliphatic carbocycles. The van der Waals surface area contributed by atoms with Crippen molar-refractivity contribution in [1.82, 2.24) is 4.90 Å². The molecule has 4 nitrogen and oxygen atoms in total. The Kier molecular flexibility index (Phi) is 3.26. The summed E-state index contributed by atoms with van der Waals surface area (Å²) in [7, 11) is 0. The van der Waals surface area contributed by atoms with Gasteiger partial charge < -0.3 is 10.6 Å². The summed E-state index contributed by atoms with van der Waals surface area (Å²) in [5, 5.41) is 8.39. The van der Waals surface area contributed by atoms with Crippen LogP contribution in [0.3, 0.4) is 0 Å². The zero-order chi connectivity index (χ0) is 9.84. The molecule has 0 aromatic heterocycles. The first-order chi connectivity index (χ1) is 6.15. The lowest BCUT2D eigenvalue weighted by Gasteiger charge is -2.36. The van der Waals surface area contributed by atoms with Crippen molar-refractivity contribution in [2.75, 3.05) is 6.54 Å². The van der Waals surface area contributed by atoms with Crippen LogP contribution in [0.25, 0.3) is 0 Å². The number of carbonyl (C=O) groups is 1. The van der Waals surface area contributed by atoms with E-state index in [4.69, 9.17) is 11.0 Å². The molecule has 1 amide bonds. The van der Waals surface area contributed by atoms with Gasteiger partial charge in [-0.2, -0.15) is 5.26 Å². The van der Waals surface area contributed by atoms with Gasteiger partial charge in [-0.1, -0.05) is 0 Å². The van der Waals surface area contributed by atoms with Crippen LogP contribution in [0, 0.1) is 11.3 Å². The molecule has 1 saturated heterocycles. The fourth-order valence-electron chi connectivity index (χ4n) is 1.65. The Hall–Kier alpha value is -1.08. The molecule has 1 fully saturated rings. The molecule has 0 spiro atoms. The normalized spacial score (nSPS) is 28.2. The zero-order valence-electron chi connectivity index (χ0n) is 7.86. The Morgan fingerprint density at radius 2 is 2.38 bits per heavy atom. The van der Waals surface area contributed by atoms with Crippen molar-refractivity contribution in [2.45, 2.75) is 38.3 Å². The second kappa shape index (κ2) is 4.24. The van der Waals surface area contributed by atoms with Crippen LogP contribution < -0.4 is 5.73 Å². The molecule has 1 aliphatic rings. The van der Waals surface area contributed by atoms with Gasteiger partial charge in [0.05, 0.1) is 6.07 Å². The Balaban J connectivity index is 2.56. The average molecular weight is 181 g/mol. The third-order valence-corrected chi connectivity index (χ3v) is 2.47. The third kappa shape index (κ3) is 2.43. The highest BCUT2D eigenvalue weighted by Gasteiger charge is 2.26. The van der Waals surface area contributed by atoms with E-state index in [1.54, 1.807) is 4.90 Å². The van der Waals surface area contributed by atoms with E-state index in [0.717, 1.165) is 12.8 Å². The number of likely N-dealkylation sites (tertiary alicyclic amines) is 1. The molecule has 0 aromatic rings. The first-order valence-corrected chi connectivity index (χ1v) is 4.57. The van der Waals surface area contributed by atoms with Crippen LogP contribution in [0.1, 0.15) is 26.2 Å². The van der Waals surface area contributed by atoms with Crippen molar-refractivity contribution in [2.24, 2.45) is 5.73 Å². The lowest BCUT2D eigenvalue weighted by Crippen LogP contribution is -2.50. The van der Waals surface area contributed by atoms with Gasteiger partial charge in [-0.3, -0.25) is 4.79 Å². The van der Waals surface area contributed by atoms with Crippen LogP contribution in [0.15, 0.2) is 0 Å². The molecular formula is C9H15N3O. The summed E-state index contributed by atoms with van der Waals surface area (Å²) in [6, 6.07) is 2.19. The number of amides is 1. The van der Waals surface area contributed by atoms with Gasteiger partial charge in [0.25, 0.3) is 0 Å². The van der Waals surface area contributed by atoms with Crippen molar-refractivity contribution < 1.29 is 4.79 Å². The predicted molar refractivity (Wildman–Crippen MR) is 48.6 cm³/mol. The van der Waals surface area contributed by atoms with Gasteiger partial charge in [-0.15, -0.1) is 0 Å². The van der Waals surface area contributed by atoms with Crippen LogP contribution in [0.2, 0.25) is 0 Å². The highest BCUT2D eigenvalue weighted by Crippen LogP contribution is 2.16. The summed E-state index contributed by atoms with van der Waals surface area (Å²) < 4.78 is 0. The molecule has 1 aliphatic heterocycles. The van der Waals surface area contributed by atoms with Gasteiger partial charge in [0, 0.05) is 18.6 Å². The first-order valence-electron chi connectivity index (χ1n) is 4.57. The summed E-state index contributed by atoms with van der Waals surface area (Å²) in [5.41, 5.74) is 5.74. The standard InChI is InChI=1S/C9H15N3O/c1-7-2-3-8(11)6-12(7)9(13)4-5-10/h7-8H,2-4,6,11H2,1H3/t7-,8+/m0/s1. The zero-order valence-corrected chi connectivity index (χ0v) is 7.86. The van der Waals surface area contributed by atoms with E-state index in [0.29, 0.717) is 6.54 Å². The minimum Gasteiger partial charge on any atom is -0.338 e. The molecule has 0 bridgehead atoms. The second-order valence-corrected chi connectivity index (χ2v) is 3.57. The first kappa shape index (κ1) is 10.0. The van der Waals surface area contributed by atoms with Gasteiger partial charge in [-0.25, -0.2) is 0 Å². The highest BCUT2D eigenvalue weighted by molar-refractivity contribution is 5.78. The molecule has 0 saturated carbocycles. The molecule has 72 valence electrons. The smallest absolute Gasteiger partial charge is 0.237 e. The minimum absolute atomic E-state index is 0.0307. The summed E-state index contributed by atoms with van der Waals surface area (Å²) in [6.07, 6.45) is 1.88. The number of hydrogen-bond acceptors (Lipinski definition) is 3. The lowest BCUT2D eigenvalue weighted by molar-refractivity contribution is -0.133. The van der Waals surface area contributed by atoms with E-state index in [1.165, 1.54) is 0 Å². The quantitative estimate of drug-likeness (QED) is 0.630. The summed E-state index contributed by atoms with van der Waals surface area (Å²) in [5.74, 6) is -0.0925. The molecule has 2 atom stereocenters. The van der Waals surface area contributed by atoms with E-state index < -0.39 is 0 Å². The summed E-state index contributed by atoms with van der Waals surface area (Å²) in [4.78, 5) is 13.1. The van der Waals surface area contributed by atoms with Gasteiger partial charge in [0.2, 0.25) is 5.91 Å². The largest absolute Gasteiger partial charge is 0.338 e. The minimum atomic E-state index is -0.0925. The highest BCUT2D eigenvalue weighted by atomic mass is 16.2. The van der Waals surface area contributed by atoms with E-state index in [2.05, 4.69) is 0 Å². The Labute approximate surface area is 78.3 Å². The molecule has 13 heavy (non-hydrogen) atoms.